The first-order chi connectivity index (χ1) is 20.8. The minimum Gasteiger partial charge on any atom is -0.368 e. The molecular weight excluding hydrogens is 550 g/mol. The topological polar surface area (TPSA) is 185 Å². The van der Waals surface area contributed by atoms with E-state index in [0.29, 0.717) is 19.4 Å². The smallest absolute Gasteiger partial charge is 0.272 e. The Kier molecular flexibility index (Phi) is 9.23. The molecule has 4 atom stereocenters. The van der Waals surface area contributed by atoms with Gasteiger partial charge in [0.1, 0.15) is 23.8 Å². The van der Waals surface area contributed by atoms with Gasteiger partial charge in [-0.05, 0) is 41.5 Å². The van der Waals surface area contributed by atoms with Crippen LogP contribution in [0.15, 0.2) is 61.1 Å². The molecule has 0 unspecified atom stereocenters. The normalized spacial score (nSPS) is 18.2. The highest BCUT2D eigenvalue weighted by Crippen LogP contribution is 2.33. The fourth-order valence-electron chi connectivity index (χ4n) is 5.41. The highest BCUT2D eigenvalue weighted by molar-refractivity contribution is 5.98. The van der Waals surface area contributed by atoms with E-state index in [1.165, 1.54) is 18.6 Å². The van der Waals surface area contributed by atoms with Crippen molar-refractivity contribution in [3.63, 3.8) is 0 Å². The number of nitrogens with zero attached hydrogens (tertiary/aromatic N) is 2. The second-order valence-corrected chi connectivity index (χ2v) is 11.2. The van der Waals surface area contributed by atoms with E-state index in [2.05, 4.69) is 31.2 Å². The molecule has 1 aliphatic heterocycles. The maximum atomic E-state index is 13.8. The molecule has 1 saturated heterocycles. The molecule has 0 bridgehead atoms. The van der Waals surface area contributed by atoms with Gasteiger partial charge in [-0.25, -0.2) is 4.98 Å². The third-order valence-electron chi connectivity index (χ3n) is 7.96. The predicted molar refractivity (Wildman–Crippen MR) is 157 cm³/mol. The Balaban J connectivity index is 1.35. The monoisotopic (exact) mass is 585 g/mol. The second kappa shape index (κ2) is 13.4. The fourth-order valence-corrected chi connectivity index (χ4v) is 5.41. The van der Waals surface area contributed by atoms with Crippen LogP contribution in [0, 0.1) is 11.8 Å². The number of benzene rings is 2. The van der Waals surface area contributed by atoms with Gasteiger partial charge >= 0.3 is 0 Å². The second-order valence-electron chi connectivity index (χ2n) is 11.2. The van der Waals surface area contributed by atoms with Crippen molar-refractivity contribution in [1.82, 2.24) is 31.2 Å². The summed E-state index contributed by atoms with van der Waals surface area (Å²) in [5.41, 5.74) is 6.47. The molecule has 5 rings (SSSR count). The largest absolute Gasteiger partial charge is 0.368 e. The highest BCUT2D eigenvalue weighted by atomic mass is 16.2. The van der Waals surface area contributed by atoms with Crippen LogP contribution < -0.4 is 27.0 Å². The van der Waals surface area contributed by atoms with Gasteiger partial charge in [-0.1, -0.05) is 55.3 Å². The molecule has 2 fully saturated rings. The average molecular weight is 586 g/mol. The summed E-state index contributed by atoms with van der Waals surface area (Å²) in [6, 6.07) is 10.4. The van der Waals surface area contributed by atoms with E-state index in [9.17, 15) is 24.0 Å². The number of fused-ring (bicyclic) bond motifs is 1. The Morgan fingerprint density at radius 1 is 0.884 bits per heavy atom. The lowest BCUT2D eigenvalue weighted by atomic mass is 9.97. The molecule has 0 spiro atoms. The molecule has 2 aromatic carbocycles. The van der Waals surface area contributed by atoms with Crippen molar-refractivity contribution in [1.29, 1.82) is 0 Å². The van der Waals surface area contributed by atoms with Crippen LogP contribution in [0.1, 0.15) is 48.2 Å². The Morgan fingerprint density at radius 3 is 2.33 bits per heavy atom. The van der Waals surface area contributed by atoms with Gasteiger partial charge in [0.15, 0.2) is 0 Å². The van der Waals surface area contributed by atoms with Crippen LogP contribution in [0.5, 0.6) is 0 Å². The molecule has 1 saturated carbocycles. The summed E-state index contributed by atoms with van der Waals surface area (Å²) in [4.78, 5) is 72.6. The molecule has 5 amide bonds. The lowest BCUT2D eigenvalue weighted by Gasteiger charge is -2.25. The van der Waals surface area contributed by atoms with Crippen LogP contribution in [0.25, 0.3) is 10.8 Å². The zero-order valence-corrected chi connectivity index (χ0v) is 23.6. The van der Waals surface area contributed by atoms with Gasteiger partial charge in [-0.15, -0.1) is 0 Å². The minimum absolute atomic E-state index is 0.0470. The molecule has 12 heteroatoms. The Labute approximate surface area is 248 Å². The first kappa shape index (κ1) is 29.6. The molecular formula is C31H35N7O5. The van der Waals surface area contributed by atoms with Crippen molar-refractivity contribution in [3.8, 4) is 0 Å². The van der Waals surface area contributed by atoms with E-state index in [1.54, 1.807) is 0 Å². The summed E-state index contributed by atoms with van der Waals surface area (Å²) in [7, 11) is 0. The first-order valence-electron chi connectivity index (χ1n) is 14.5. The molecule has 12 nitrogen and oxygen atoms in total. The molecule has 2 heterocycles. The summed E-state index contributed by atoms with van der Waals surface area (Å²) in [6.45, 7) is 0.502. The summed E-state index contributed by atoms with van der Waals surface area (Å²) in [5.74, 6) is -2.83. The van der Waals surface area contributed by atoms with Crippen molar-refractivity contribution in [3.05, 3.63) is 72.3 Å². The number of nitrogens with two attached hydrogens (primary N) is 1. The number of primary amides is 1. The van der Waals surface area contributed by atoms with E-state index in [-0.39, 0.29) is 30.4 Å². The Hall–Kier alpha value is -4.87. The van der Waals surface area contributed by atoms with Crippen LogP contribution in [0.3, 0.4) is 0 Å². The van der Waals surface area contributed by atoms with Gasteiger partial charge in [0, 0.05) is 31.3 Å². The quantitative estimate of drug-likeness (QED) is 0.196. The van der Waals surface area contributed by atoms with Crippen molar-refractivity contribution < 1.29 is 24.0 Å². The van der Waals surface area contributed by atoms with Crippen LogP contribution >= 0.6 is 0 Å². The number of hydrogen-bond acceptors (Lipinski definition) is 7. The number of rotatable bonds is 13. The van der Waals surface area contributed by atoms with E-state index < -0.39 is 47.7 Å². The SMILES string of the molecule is NC(=O)[C@H](C[C@@H]1CCNC1=O)NC(=O)[C@H](CC1CC1)NC(=O)[C@H](Cc1cccc2ccccc12)NC(=O)c1cnccn1. The van der Waals surface area contributed by atoms with Crippen molar-refractivity contribution in [2.45, 2.75) is 56.7 Å². The third kappa shape index (κ3) is 7.70. The van der Waals surface area contributed by atoms with E-state index >= 15 is 0 Å². The fraction of sp³-hybridized carbons (Fsp3) is 0.387. The van der Waals surface area contributed by atoms with Gasteiger partial charge in [0.2, 0.25) is 23.6 Å². The number of hydrogen-bond donors (Lipinski definition) is 5. The van der Waals surface area contributed by atoms with Crippen molar-refractivity contribution in [2.75, 3.05) is 6.54 Å². The summed E-state index contributed by atoms with van der Waals surface area (Å²) in [5, 5.41) is 12.9. The Bertz CT molecular complexity index is 1510. The van der Waals surface area contributed by atoms with Crippen LogP contribution in [0.2, 0.25) is 0 Å². The number of nitrogens with one attached hydrogen (secondary N) is 4. The first-order valence-corrected chi connectivity index (χ1v) is 14.5. The number of amides is 5. The lowest BCUT2D eigenvalue weighted by molar-refractivity contribution is -0.132. The maximum absolute atomic E-state index is 13.8. The summed E-state index contributed by atoms with van der Waals surface area (Å²) in [6.07, 6.45) is 7.11. The van der Waals surface area contributed by atoms with Crippen molar-refractivity contribution in [2.24, 2.45) is 17.6 Å². The summed E-state index contributed by atoms with van der Waals surface area (Å²) >= 11 is 0. The van der Waals surface area contributed by atoms with Gasteiger partial charge in [0.25, 0.3) is 5.91 Å². The highest BCUT2D eigenvalue weighted by Gasteiger charge is 2.36. The van der Waals surface area contributed by atoms with Crippen LogP contribution in [0.4, 0.5) is 0 Å². The van der Waals surface area contributed by atoms with Crippen LogP contribution in [-0.2, 0) is 25.6 Å². The van der Waals surface area contributed by atoms with E-state index in [0.717, 1.165) is 29.2 Å². The van der Waals surface area contributed by atoms with Gasteiger partial charge in [0.05, 0.1) is 6.20 Å². The molecule has 43 heavy (non-hydrogen) atoms. The number of carbonyl (C=O) groups is 5. The molecule has 224 valence electrons. The van der Waals surface area contributed by atoms with E-state index in [1.807, 2.05) is 42.5 Å². The third-order valence-corrected chi connectivity index (χ3v) is 7.96. The average Bonchev–Trinajstić information content (AvgIpc) is 3.74. The van der Waals surface area contributed by atoms with Gasteiger partial charge < -0.3 is 27.0 Å². The van der Waals surface area contributed by atoms with Crippen LogP contribution in [-0.4, -0.2) is 64.2 Å². The zero-order valence-electron chi connectivity index (χ0n) is 23.6. The molecule has 1 aliphatic carbocycles. The molecule has 0 radical (unpaired) electrons. The molecule has 6 N–H and O–H groups in total. The Morgan fingerprint density at radius 2 is 1.63 bits per heavy atom. The standard InChI is InChI=1S/C31H35N7O5/c32-27(39)23(16-21-10-11-35-28(21)40)36-29(41)24(14-18-8-9-18)37-30(42)25(38-31(43)26-17-33-12-13-34-26)15-20-6-3-5-19-4-1-2-7-22(19)20/h1-7,12-13,17-18,21,23-25H,8-11,14-16H2,(H2,32,39)(H,35,40)(H,36,41)(H,37,42)(H,38,43)/t21-,23-,24-,25-/m0/s1. The zero-order chi connectivity index (χ0) is 30.3. The molecule has 3 aromatic rings. The van der Waals surface area contributed by atoms with Crippen molar-refractivity contribution >= 4 is 40.3 Å². The van der Waals surface area contributed by atoms with Gasteiger partial charge in [-0.2, -0.15) is 0 Å². The lowest BCUT2D eigenvalue weighted by Crippen LogP contribution is -2.57. The van der Waals surface area contributed by atoms with Gasteiger partial charge in [-0.3, -0.25) is 29.0 Å². The summed E-state index contributed by atoms with van der Waals surface area (Å²) < 4.78 is 0. The molecule has 1 aromatic heterocycles. The minimum atomic E-state index is -1.07. The predicted octanol–water partition coefficient (Wildman–Crippen LogP) is 0.752. The maximum Gasteiger partial charge on any atom is 0.272 e. The number of aromatic nitrogens is 2. The molecule has 2 aliphatic rings. The van der Waals surface area contributed by atoms with E-state index in [4.69, 9.17) is 5.73 Å². The number of carbonyl (C=O) groups excluding carboxylic acids is 5.